The summed E-state index contributed by atoms with van der Waals surface area (Å²) in [6.07, 6.45) is 3.36. The van der Waals surface area contributed by atoms with Crippen LogP contribution in [0.1, 0.15) is 68.1 Å². The van der Waals surface area contributed by atoms with Crippen molar-refractivity contribution in [1.82, 2.24) is 14.8 Å². The highest BCUT2D eigenvalue weighted by Crippen LogP contribution is 2.44. The van der Waals surface area contributed by atoms with Gasteiger partial charge in [0.1, 0.15) is 5.82 Å². The third-order valence-corrected chi connectivity index (χ3v) is 9.56. The Kier molecular flexibility index (Phi) is 8.77. The Balaban J connectivity index is 1.60. The van der Waals surface area contributed by atoms with Crippen molar-refractivity contribution in [2.45, 2.75) is 73.1 Å². The van der Waals surface area contributed by atoms with E-state index in [-0.39, 0.29) is 5.41 Å². The van der Waals surface area contributed by atoms with Crippen LogP contribution in [-0.2, 0) is 5.41 Å². The van der Waals surface area contributed by atoms with Gasteiger partial charge in [0.05, 0.1) is 5.69 Å². The van der Waals surface area contributed by atoms with Crippen molar-refractivity contribution in [3.05, 3.63) is 137 Å². The van der Waals surface area contributed by atoms with Gasteiger partial charge in [0.2, 0.25) is 0 Å². The monoisotopic (exact) mass is 603 g/mol. The fraction of sp³-hybridized carbons (Fsp3) is 0.256. The molecule has 0 fully saturated rings. The number of hydrogen-bond donors (Lipinski definition) is 0. The molecule has 0 saturated heterocycles. The van der Waals surface area contributed by atoms with E-state index in [0.29, 0.717) is 0 Å². The lowest BCUT2D eigenvalue weighted by Crippen LogP contribution is -2.23. The quantitative estimate of drug-likeness (QED) is 0.165. The Morgan fingerprint density at radius 3 is 1.63 bits per heavy atom. The predicted octanol–water partition coefficient (Wildman–Crippen LogP) is 11.6. The van der Waals surface area contributed by atoms with Crippen LogP contribution in [0.2, 0.25) is 0 Å². The van der Waals surface area contributed by atoms with E-state index in [1.807, 2.05) is 0 Å². The first-order valence-electron chi connectivity index (χ1n) is 16.6. The summed E-state index contributed by atoms with van der Waals surface area (Å²) in [6.45, 7) is 15.9. The van der Waals surface area contributed by atoms with E-state index in [1.165, 1.54) is 55.6 Å². The van der Waals surface area contributed by atoms with Crippen LogP contribution in [0.15, 0.2) is 109 Å². The number of benzene rings is 5. The number of nitrogens with zero attached hydrogens (tertiary/aromatic N) is 3. The summed E-state index contributed by atoms with van der Waals surface area (Å²) in [5, 5.41) is 9.82. The highest BCUT2D eigenvalue weighted by atomic mass is 15.3. The van der Waals surface area contributed by atoms with Gasteiger partial charge >= 0.3 is 0 Å². The third-order valence-electron chi connectivity index (χ3n) is 9.56. The molecule has 0 amide bonds. The third kappa shape index (κ3) is 5.71. The number of aryl methyl sites for hydroxylation is 1. The minimum absolute atomic E-state index is 0.125. The van der Waals surface area contributed by atoms with Gasteiger partial charge in [-0.2, -0.15) is 0 Å². The average Bonchev–Trinajstić information content (AvgIpc) is 3.51. The van der Waals surface area contributed by atoms with Crippen molar-refractivity contribution in [3.8, 4) is 50.5 Å². The van der Waals surface area contributed by atoms with Gasteiger partial charge in [-0.3, -0.25) is 4.57 Å². The van der Waals surface area contributed by atoms with Crippen LogP contribution >= 0.6 is 0 Å². The molecule has 46 heavy (non-hydrogen) atoms. The van der Waals surface area contributed by atoms with Crippen molar-refractivity contribution < 1.29 is 0 Å². The second-order valence-electron chi connectivity index (χ2n) is 13.3. The second kappa shape index (κ2) is 12.9. The van der Waals surface area contributed by atoms with E-state index in [1.54, 1.807) is 0 Å². The van der Waals surface area contributed by atoms with Crippen LogP contribution in [0.5, 0.6) is 0 Å². The maximum atomic E-state index is 4.92. The summed E-state index contributed by atoms with van der Waals surface area (Å²) < 4.78 is 2.31. The number of rotatable bonds is 9. The fourth-order valence-electron chi connectivity index (χ4n) is 7.22. The van der Waals surface area contributed by atoms with Gasteiger partial charge < -0.3 is 0 Å². The van der Waals surface area contributed by atoms with Gasteiger partial charge in [-0.25, -0.2) is 0 Å². The topological polar surface area (TPSA) is 30.7 Å². The first-order valence-corrected chi connectivity index (χ1v) is 16.6. The first-order chi connectivity index (χ1) is 22.2. The van der Waals surface area contributed by atoms with Crippen LogP contribution < -0.4 is 0 Å². The summed E-state index contributed by atoms with van der Waals surface area (Å²) in [5.74, 6) is 1.89. The summed E-state index contributed by atoms with van der Waals surface area (Å²) in [6, 6.07) is 39.1. The molecule has 0 radical (unpaired) electrons. The molecule has 0 aliphatic heterocycles. The predicted molar refractivity (Wildman–Crippen MR) is 195 cm³/mol. The summed E-state index contributed by atoms with van der Waals surface area (Å²) in [4.78, 5) is 0. The highest BCUT2D eigenvalue weighted by Gasteiger charge is 2.30. The molecule has 6 aromatic rings. The Morgan fingerprint density at radius 2 is 1.07 bits per heavy atom. The van der Waals surface area contributed by atoms with E-state index in [9.17, 15) is 0 Å². The normalized spacial score (nSPS) is 11.6. The fourth-order valence-corrected chi connectivity index (χ4v) is 7.22. The van der Waals surface area contributed by atoms with Gasteiger partial charge in [0, 0.05) is 11.0 Å². The van der Waals surface area contributed by atoms with Crippen LogP contribution in [0.4, 0.5) is 0 Å². The summed E-state index contributed by atoms with van der Waals surface area (Å²) in [5.41, 5.74) is 14.7. The number of unbranched alkanes of at least 4 members (excludes halogenated alkanes) is 1. The largest absolute Gasteiger partial charge is 0.278 e. The average molecular weight is 604 g/mol. The number of para-hydroxylation sites is 1. The Morgan fingerprint density at radius 1 is 0.565 bits per heavy atom. The minimum atomic E-state index is -0.125. The molecule has 0 saturated carbocycles. The SMILES string of the molecule is CCCCC(C)(C)c1nnc(-c2cccc(-c3c(C)c(-c4ccccc4)c(C)c(-c4ccccc4)c3C)c2)n1-c1ccccc1C. The van der Waals surface area contributed by atoms with Crippen molar-refractivity contribution >= 4 is 0 Å². The van der Waals surface area contributed by atoms with Crippen molar-refractivity contribution in [2.75, 3.05) is 0 Å². The van der Waals surface area contributed by atoms with Gasteiger partial charge in [0.15, 0.2) is 5.82 Å². The zero-order valence-electron chi connectivity index (χ0n) is 28.4. The summed E-state index contributed by atoms with van der Waals surface area (Å²) in [7, 11) is 0. The molecule has 0 aliphatic carbocycles. The molecule has 6 rings (SSSR count). The lowest BCUT2D eigenvalue weighted by molar-refractivity contribution is 0.425. The molecule has 5 aromatic carbocycles. The Labute approximate surface area is 275 Å². The maximum Gasteiger partial charge on any atom is 0.168 e. The van der Waals surface area contributed by atoms with Crippen molar-refractivity contribution in [2.24, 2.45) is 0 Å². The van der Waals surface area contributed by atoms with Crippen LogP contribution in [0.3, 0.4) is 0 Å². The van der Waals surface area contributed by atoms with Gasteiger partial charge in [-0.15, -0.1) is 10.2 Å². The van der Waals surface area contributed by atoms with E-state index >= 15 is 0 Å². The van der Waals surface area contributed by atoms with Gasteiger partial charge in [-0.1, -0.05) is 131 Å². The lowest BCUT2D eigenvalue weighted by atomic mass is 9.80. The molecular formula is C43H45N3. The molecule has 1 aromatic heterocycles. The number of aromatic nitrogens is 3. The van der Waals surface area contributed by atoms with Crippen LogP contribution in [0.25, 0.3) is 50.5 Å². The molecule has 0 bridgehead atoms. The Hall–Kier alpha value is -4.76. The maximum absolute atomic E-state index is 4.92. The number of hydrogen-bond acceptors (Lipinski definition) is 2. The second-order valence-corrected chi connectivity index (χ2v) is 13.3. The highest BCUT2D eigenvalue weighted by molar-refractivity contribution is 5.92. The lowest BCUT2D eigenvalue weighted by Gasteiger charge is -2.26. The molecule has 0 atom stereocenters. The smallest absolute Gasteiger partial charge is 0.168 e. The zero-order chi connectivity index (χ0) is 32.4. The van der Waals surface area contributed by atoms with Gasteiger partial charge in [0.25, 0.3) is 0 Å². The van der Waals surface area contributed by atoms with Gasteiger partial charge in [-0.05, 0) is 102 Å². The molecule has 1 heterocycles. The molecule has 3 nitrogen and oxygen atoms in total. The molecule has 232 valence electrons. The van der Waals surface area contributed by atoms with Crippen LogP contribution in [-0.4, -0.2) is 14.8 Å². The van der Waals surface area contributed by atoms with Crippen molar-refractivity contribution in [3.63, 3.8) is 0 Å². The van der Waals surface area contributed by atoms with Crippen LogP contribution in [0, 0.1) is 27.7 Å². The van der Waals surface area contributed by atoms with E-state index < -0.39 is 0 Å². The molecule has 3 heteroatoms. The van der Waals surface area contributed by atoms with Crippen molar-refractivity contribution in [1.29, 1.82) is 0 Å². The van der Waals surface area contributed by atoms with E-state index in [0.717, 1.165) is 42.2 Å². The van der Waals surface area contributed by atoms with E-state index in [2.05, 4.69) is 162 Å². The molecule has 0 spiro atoms. The molecule has 0 aliphatic rings. The zero-order valence-corrected chi connectivity index (χ0v) is 28.4. The molecule has 0 unspecified atom stereocenters. The minimum Gasteiger partial charge on any atom is -0.278 e. The summed E-state index contributed by atoms with van der Waals surface area (Å²) >= 11 is 0. The standard InChI is InChI=1S/C43H45N3/c1-8-9-27-43(6,7)42-45-44-41(46(42)37-26-17-16-19-29(37)2)36-25-18-24-35(28-36)40-31(4)38(33-20-12-10-13-21-33)30(3)39(32(40)5)34-22-14-11-15-23-34/h10-26,28H,8-9,27H2,1-7H3. The first kappa shape index (κ1) is 31.2. The Bertz CT molecular complexity index is 1910. The molecule has 0 N–H and O–H groups in total. The van der Waals surface area contributed by atoms with E-state index in [4.69, 9.17) is 10.2 Å². The molecular weight excluding hydrogens is 558 g/mol.